The van der Waals surface area contributed by atoms with E-state index in [1.807, 2.05) is 0 Å². The highest BCUT2D eigenvalue weighted by atomic mass is 19.4. The van der Waals surface area contributed by atoms with Gasteiger partial charge in [0.05, 0.1) is 13.5 Å². The molecule has 0 aliphatic heterocycles. The molecular formula is C7H8F3NO5. The van der Waals surface area contributed by atoms with Crippen LogP contribution in [0.3, 0.4) is 0 Å². The van der Waals surface area contributed by atoms with E-state index in [9.17, 15) is 27.6 Å². The zero-order chi connectivity index (χ0) is 12.9. The molecule has 0 aromatic heterocycles. The summed E-state index contributed by atoms with van der Waals surface area (Å²) in [4.78, 5) is 31.5. The number of amides is 1. The summed E-state index contributed by atoms with van der Waals surface area (Å²) in [5.74, 6) is -5.21. The third-order valence-electron chi connectivity index (χ3n) is 1.43. The van der Waals surface area contributed by atoms with Gasteiger partial charge in [-0.2, -0.15) is 13.2 Å². The monoisotopic (exact) mass is 243 g/mol. The smallest absolute Gasteiger partial charge is 0.471 e. The SMILES string of the molecule is COC(=O)[C@H](CC(=O)O)NC(=O)C(F)(F)F. The maximum Gasteiger partial charge on any atom is 0.471 e. The molecule has 0 unspecified atom stereocenters. The lowest BCUT2D eigenvalue weighted by molar-refractivity contribution is -0.176. The van der Waals surface area contributed by atoms with Crippen LogP contribution in [0.1, 0.15) is 6.42 Å². The van der Waals surface area contributed by atoms with Gasteiger partial charge < -0.3 is 15.2 Å². The molecule has 0 saturated heterocycles. The molecule has 0 heterocycles. The standard InChI is InChI=1S/C7H8F3NO5/c1-16-5(14)3(2-4(12)13)11-6(15)7(8,9)10/h3H,2H2,1H3,(H,11,15)(H,12,13)/t3-/m0/s1. The zero-order valence-corrected chi connectivity index (χ0v) is 8.00. The number of ether oxygens (including phenoxy) is 1. The van der Waals surface area contributed by atoms with Crippen molar-refractivity contribution in [2.45, 2.75) is 18.6 Å². The molecule has 0 aromatic carbocycles. The molecule has 0 spiro atoms. The van der Waals surface area contributed by atoms with Gasteiger partial charge in [0.2, 0.25) is 0 Å². The molecule has 1 atom stereocenters. The Labute approximate surface area is 87.4 Å². The van der Waals surface area contributed by atoms with Gasteiger partial charge in [-0.1, -0.05) is 0 Å². The summed E-state index contributed by atoms with van der Waals surface area (Å²) in [6.45, 7) is 0. The number of methoxy groups -OCH3 is 1. The Balaban J connectivity index is 4.61. The van der Waals surface area contributed by atoms with E-state index in [4.69, 9.17) is 5.11 Å². The highest BCUT2D eigenvalue weighted by Crippen LogP contribution is 2.15. The predicted octanol–water partition coefficient (Wildman–Crippen LogP) is -0.319. The molecule has 0 radical (unpaired) electrons. The fraction of sp³-hybridized carbons (Fsp3) is 0.571. The first-order valence-corrected chi connectivity index (χ1v) is 3.85. The first-order chi connectivity index (χ1) is 7.18. The average molecular weight is 243 g/mol. The molecule has 0 fully saturated rings. The number of hydrogen-bond donors (Lipinski definition) is 2. The van der Waals surface area contributed by atoms with Crippen LogP contribution in [0, 0.1) is 0 Å². The van der Waals surface area contributed by atoms with Gasteiger partial charge in [-0.25, -0.2) is 4.79 Å². The van der Waals surface area contributed by atoms with Crippen molar-refractivity contribution in [1.29, 1.82) is 0 Å². The van der Waals surface area contributed by atoms with Crippen molar-refractivity contribution < 1.29 is 37.4 Å². The quantitative estimate of drug-likeness (QED) is 0.660. The molecule has 9 heteroatoms. The Morgan fingerprint density at radius 3 is 2.19 bits per heavy atom. The molecule has 2 N–H and O–H groups in total. The van der Waals surface area contributed by atoms with E-state index in [1.54, 1.807) is 0 Å². The van der Waals surface area contributed by atoms with Crippen LogP contribution in [-0.4, -0.2) is 42.3 Å². The van der Waals surface area contributed by atoms with E-state index in [1.165, 1.54) is 5.32 Å². The summed E-state index contributed by atoms with van der Waals surface area (Å²) >= 11 is 0. The molecule has 92 valence electrons. The Morgan fingerprint density at radius 2 is 1.88 bits per heavy atom. The average Bonchev–Trinajstić information content (AvgIpc) is 2.13. The molecule has 0 aliphatic carbocycles. The lowest BCUT2D eigenvalue weighted by atomic mass is 10.2. The van der Waals surface area contributed by atoms with Gasteiger partial charge in [0.1, 0.15) is 6.04 Å². The summed E-state index contributed by atoms with van der Waals surface area (Å²) in [7, 11) is 0.858. The van der Waals surface area contributed by atoms with Crippen LogP contribution in [0.25, 0.3) is 0 Å². The van der Waals surface area contributed by atoms with E-state index < -0.39 is 36.5 Å². The summed E-state index contributed by atoms with van der Waals surface area (Å²) in [5.41, 5.74) is 0. The van der Waals surface area contributed by atoms with Gasteiger partial charge >= 0.3 is 24.0 Å². The number of carbonyl (C=O) groups is 3. The third kappa shape index (κ3) is 4.62. The Kier molecular flexibility index (Phi) is 4.73. The van der Waals surface area contributed by atoms with E-state index in [-0.39, 0.29) is 0 Å². The molecule has 1 amide bonds. The Hall–Kier alpha value is -1.80. The van der Waals surface area contributed by atoms with Crippen molar-refractivity contribution >= 4 is 17.8 Å². The second kappa shape index (κ2) is 5.33. The van der Waals surface area contributed by atoms with Crippen LogP contribution in [0.2, 0.25) is 0 Å². The Morgan fingerprint density at radius 1 is 1.38 bits per heavy atom. The molecule has 0 saturated carbocycles. The number of esters is 1. The molecule has 0 rings (SSSR count). The van der Waals surface area contributed by atoms with Crippen LogP contribution in [-0.2, 0) is 19.1 Å². The van der Waals surface area contributed by atoms with Crippen LogP contribution in [0.15, 0.2) is 0 Å². The highest BCUT2D eigenvalue weighted by molar-refractivity contribution is 5.89. The van der Waals surface area contributed by atoms with Gasteiger partial charge in [0.25, 0.3) is 0 Å². The second-order valence-corrected chi connectivity index (χ2v) is 2.64. The van der Waals surface area contributed by atoms with Gasteiger partial charge in [-0.3, -0.25) is 9.59 Å². The number of rotatable bonds is 4. The largest absolute Gasteiger partial charge is 0.481 e. The maximum atomic E-state index is 11.8. The minimum absolute atomic E-state index is 0.858. The van der Waals surface area contributed by atoms with Gasteiger partial charge in [0, 0.05) is 0 Å². The van der Waals surface area contributed by atoms with Crippen molar-refractivity contribution in [2.24, 2.45) is 0 Å². The first kappa shape index (κ1) is 14.2. The number of carboxylic acids is 1. The van der Waals surface area contributed by atoms with Gasteiger partial charge in [-0.15, -0.1) is 0 Å². The lowest BCUT2D eigenvalue weighted by Gasteiger charge is -2.15. The number of carbonyl (C=O) groups excluding carboxylic acids is 2. The van der Waals surface area contributed by atoms with Crippen LogP contribution in [0.4, 0.5) is 13.2 Å². The highest BCUT2D eigenvalue weighted by Gasteiger charge is 2.41. The van der Waals surface area contributed by atoms with Crippen LogP contribution in [0.5, 0.6) is 0 Å². The van der Waals surface area contributed by atoms with Crippen molar-refractivity contribution in [2.75, 3.05) is 7.11 Å². The minimum Gasteiger partial charge on any atom is -0.481 e. The predicted molar refractivity (Wildman–Crippen MR) is 42.3 cm³/mol. The lowest BCUT2D eigenvalue weighted by Crippen LogP contribution is -2.48. The second-order valence-electron chi connectivity index (χ2n) is 2.64. The fourth-order valence-electron chi connectivity index (χ4n) is 0.750. The molecule has 6 nitrogen and oxygen atoms in total. The number of nitrogens with one attached hydrogen (secondary N) is 1. The van der Waals surface area contributed by atoms with Gasteiger partial charge in [-0.05, 0) is 0 Å². The fourth-order valence-corrected chi connectivity index (χ4v) is 0.750. The summed E-state index contributed by atoms with van der Waals surface area (Å²) in [6.07, 6.45) is -6.18. The van der Waals surface area contributed by atoms with Crippen LogP contribution < -0.4 is 5.32 Å². The summed E-state index contributed by atoms with van der Waals surface area (Å²) < 4.78 is 39.5. The normalized spacial score (nSPS) is 12.8. The summed E-state index contributed by atoms with van der Waals surface area (Å²) in [5, 5.41) is 9.52. The number of aliphatic carboxylic acids is 1. The third-order valence-corrected chi connectivity index (χ3v) is 1.43. The van der Waals surface area contributed by atoms with Crippen molar-refractivity contribution in [3.05, 3.63) is 0 Å². The van der Waals surface area contributed by atoms with E-state index >= 15 is 0 Å². The maximum absolute atomic E-state index is 11.8. The number of carboxylic acid groups (broad SMARTS) is 1. The topological polar surface area (TPSA) is 92.7 Å². The minimum atomic E-state index is -5.19. The number of alkyl halides is 3. The molecule has 0 bridgehead atoms. The van der Waals surface area contributed by atoms with E-state index in [2.05, 4.69) is 4.74 Å². The number of halogens is 3. The zero-order valence-electron chi connectivity index (χ0n) is 8.00. The van der Waals surface area contributed by atoms with Crippen molar-refractivity contribution in [3.8, 4) is 0 Å². The molecule has 0 aliphatic rings. The van der Waals surface area contributed by atoms with Gasteiger partial charge in [0.15, 0.2) is 0 Å². The molecule has 16 heavy (non-hydrogen) atoms. The van der Waals surface area contributed by atoms with E-state index in [0.717, 1.165) is 7.11 Å². The summed E-state index contributed by atoms with van der Waals surface area (Å²) in [6, 6.07) is -1.86. The van der Waals surface area contributed by atoms with E-state index in [0.29, 0.717) is 0 Å². The molecule has 0 aromatic rings. The molecular weight excluding hydrogens is 235 g/mol. The van der Waals surface area contributed by atoms with Crippen LogP contribution >= 0.6 is 0 Å². The van der Waals surface area contributed by atoms with Crippen molar-refractivity contribution in [1.82, 2.24) is 5.32 Å². The first-order valence-electron chi connectivity index (χ1n) is 3.85. The Bertz CT molecular complexity index is 301. The number of hydrogen-bond acceptors (Lipinski definition) is 4. The van der Waals surface area contributed by atoms with Crippen molar-refractivity contribution in [3.63, 3.8) is 0 Å².